The molecule has 0 fully saturated rings. The molecule has 1 aromatic carbocycles. The molecule has 0 bridgehead atoms. The molecule has 2 nitrogen and oxygen atoms in total. The zero-order valence-electron chi connectivity index (χ0n) is 7.19. The molecule has 4 heteroatoms. The lowest BCUT2D eigenvalue weighted by molar-refractivity contribution is -0.596. The third kappa shape index (κ3) is 1.72. The minimum absolute atomic E-state index is 0.547. The summed E-state index contributed by atoms with van der Waals surface area (Å²) in [5, 5.41) is 1.10. The quantitative estimate of drug-likeness (QED) is 0.683. The van der Waals surface area contributed by atoms with E-state index in [9.17, 15) is 0 Å². The van der Waals surface area contributed by atoms with E-state index in [1.165, 1.54) is 0 Å². The Kier molecular flexibility index (Phi) is 2.66. The Hall–Kier alpha value is -1.12. The fourth-order valence-corrected chi connectivity index (χ4v) is 1.57. The normalized spacial score (nSPS) is 10.1. The van der Waals surface area contributed by atoms with Gasteiger partial charge in [0.25, 0.3) is 0 Å². The molecule has 70 valence electrons. The van der Waals surface area contributed by atoms with Crippen molar-refractivity contribution in [1.82, 2.24) is 4.98 Å². The molecule has 0 saturated heterocycles. The van der Waals surface area contributed by atoms with Crippen LogP contribution in [-0.4, -0.2) is 4.98 Å². The molecule has 0 N–H and O–H groups in total. The highest BCUT2D eigenvalue weighted by atomic mass is 35.5. The molecule has 0 aliphatic rings. The molecule has 0 saturated carbocycles. The Labute approximate surface area is 91.7 Å². The summed E-state index contributed by atoms with van der Waals surface area (Å²) in [6, 6.07) is 5.51. The van der Waals surface area contributed by atoms with E-state index in [4.69, 9.17) is 23.2 Å². The van der Waals surface area contributed by atoms with Crippen molar-refractivity contribution >= 4 is 23.2 Å². The molecule has 1 heterocycles. The van der Waals surface area contributed by atoms with Crippen LogP contribution in [0, 0.1) is 0 Å². The molecule has 0 atom stereocenters. The smallest absolute Gasteiger partial charge is 0.230 e. The summed E-state index contributed by atoms with van der Waals surface area (Å²) in [5.74, 6) is 0. The second-order valence-electron chi connectivity index (χ2n) is 2.73. The Balaban J connectivity index is 2.58. The van der Waals surface area contributed by atoms with Gasteiger partial charge in [-0.15, -0.1) is 0 Å². The van der Waals surface area contributed by atoms with Crippen LogP contribution in [0.4, 0.5) is 0 Å². The van der Waals surface area contributed by atoms with Gasteiger partial charge in [-0.3, -0.25) is 4.98 Å². The standard InChI is InChI=1S/C10H7Cl2N2/c11-8-2-1-3-9(10(8)12)14-6-4-13-5-7-14/h1-7H/q+1. The molecule has 0 aliphatic heterocycles. The third-order valence-corrected chi connectivity index (χ3v) is 2.64. The first-order chi connectivity index (χ1) is 6.79. The van der Waals surface area contributed by atoms with Gasteiger partial charge in [-0.2, -0.15) is 4.57 Å². The highest BCUT2D eigenvalue weighted by Gasteiger charge is 2.12. The van der Waals surface area contributed by atoms with E-state index in [0.29, 0.717) is 10.0 Å². The van der Waals surface area contributed by atoms with Gasteiger partial charge < -0.3 is 0 Å². The van der Waals surface area contributed by atoms with Crippen LogP contribution in [0.5, 0.6) is 0 Å². The maximum atomic E-state index is 6.05. The summed E-state index contributed by atoms with van der Waals surface area (Å²) in [5.41, 5.74) is 0.849. The van der Waals surface area contributed by atoms with Crippen LogP contribution in [0.15, 0.2) is 43.0 Å². The predicted octanol–water partition coefficient (Wildman–Crippen LogP) is 2.67. The summed E-state index contributed by atoms with van der Waals surface area (Å²) < 4.78 is 1.86. The number of hydrogen-bond acceptors (Lipinski definition) is 1. The number of benzene rings is 1. The topological polar surface area (TPSA) is 16.8 Å². The summed E-state index contributed by atoms with van der Waals surface area (Å²) in [6.45, 7) is 0. The first-order valence-corrected chi connectivity index (χ1v) is 4.80. The van der Waals surface area contributed by atoms with E-state index in [-0.39, 0.29) is 0 Å². The Morgan fingerprint density at radius 3 is 2.50 bits per heavy atom. The Morgan fingerprint density at radius 2 is 1.79 bits per heavy atom. The van der Waals surface area contributed by atoms with Crippen LogP contribution in [0.25, 0.3) is 5.69 Å². The highest BCUT2D eigenvalue weighted by Crippen LogP contribution is 2.25. The van der Waals surface area contributed by atoms with E-state index in [1.807, 2.05) is 29.1 Å². The molecule has 0 unspecified atom stereocenters. The van der Waals surface area contributed by atoms with Crippen LogP contribution in [0.2, 0.25) is 10.0 Å². The zero-order valence-corrected chi connectivity index (χ0v) is 8.70. The predicted molar refractivity (Wildman–Crippen MR) is 55.8 cm³/mol. The molecule has 14 heavy (non-hydrogen) atoms. The zero-order chi connectivity index (χ0) is 9.97. The third-order valence-electron chi connectivity index (χ3n) is 1.84. The van der Waals surface area contributed by atoms with E-state index in [1.54, 1.807) is 18.5 Å². The Bertz CT molecular complexity index is 443. The average Bonchev–Trinajstić information content (AvgIpc) is 2.23. The molecule has 0 amide bonds. The molecule has 2 rings (SSSR count). The van der Waals surface area contributed by atoms with Gasteiger partial charge in [0.15, 0.2) is 12.4 Å². The number of nitrogens with zero attached hydrogens (tertiary/aromatic N) is 2. The Morgan fingerprint density at radius 1 is 1.07 bits per heavy atom. The van der Waals surface area contributed by atoms with Gasteiger partial charge >= 0.3 is 0 Å². The summed E-state index contributed by atoms with van der Waals surface area (Å²) in [6.07, 6.45) is 7.02. The molecule has 1 aromatic heterocycles. The van der Waals surface area contributed by atoms with Gasteiger partial charge in [0, 0.05) is 6.07 Å². The molecule has 0 spiro atoms. The number of halogens is 2. The van der Waals surface area contributed by atoms with Crippen LogP contribution in [-0.2, 0) is 0 Å². The highest BCUT2D eigenvalue weighted by molar-refractivity contribution is 6.42. The van der Waals surface area contributed by atoms with E-state index in [2.05, 4.69) is 4.98 Å². The maximum absolute atomic E-state index is 6.05. The monoisotopic (exact) mass is 225 g/mol. The first kappa shape index (κ1) is 9.44. The lowest BCUT2D eigenvalue weighted by Crippen LogP contribution is -2.29. The number of hydrogen-bond donors (Lipinski definition) is 0. The largest absolute Gasteiger partial charge is 0.252 e. The molecule has 2 aromatic rings. The van der Waals surface area contributed by atoms with Crippen LogP contribution >= 0.6 is 23.2 Å². The van der Waals surface area contributed by atoms with E-state index < -0.39 is 0 Å². The van der Waals surface area contributed by atoms with Gasteiger partial charge in [0.05, 0.1) is 17.4 Å². The lowest BCUT2D eigenvalue weighted by Gasteiger charge is -1.98. The average molecular weight is 226 g/mol. The fraction of sp³-hybridized carbons (Fsp3) is 0. The second-order valence-corrected chi connectivity index (χ2v) is 3.51. The SMILES string of the molecule is Clc1cccc(-[n+]2ccncc2)c1Cl. The van der Waals surface area contributed by atoms with E-state index >= 15 is 0 Å². The van der Waals surface area contributed by atoms with Gasteiger partial charge in [-0.05, 0) is 6.07 Å². The van der Waals surface area contributed by atoms with E-state index in [0.717, 1.165) is 5.69 Å². The van der Waals surface area contributed by atoms with Crippen molar-refractivity contribution in [2.45, 2.75) is 0 Å². The summed E-state index contributed by atoms with van der Waals surface area (Å²) in [4.78, 5) is 3.93. The van der Waals surface area contributed by atoms with Crippen molar-refractivity contribution in [2.24, 2.45) is 0 Å². The van der Waals surface area contributed by atoms with Gasteiger partial charge in [-0.1, -0.05) is 29.3 Å². The van der Waals surface area contributed by atoms with Gasteiger partial charge in [0.1, 0.15) is 5.02 Å². The van der Waals surface area contributed by atoms with Gasteiger partial charge in [0.2, 0.25) is 5.69 Å². The van der Waals surface area contributed by atoms with Gasteiger partial charge in [-0.25, -0.2) is 0 Å². The maximum Gasteiger partial charge on any atom is 0.230 e. The van der Waals surface area contributed by atoms with Crippen molar-refractivity contribution in [1.29, 1.82) is 0 Å². The molecular weight excluding hydrogens is 219 g/mol. The number of rotatable bonds is 1. The fourth-order valence-electron chi connectivity index (χ4n) is 1.17. The van der Waals surface area contributed by atoms with Crippen molar-refractivity contribution in [3.8, 4) is 5.69 Å². The van der Waals surface area contributed by atoms with Crippen LogP contribution in [0.1, 0.15) is 0 Å². The summed E-state index contributed by atoms with van der Waals surface area (Å²) in [7, 11) is 0. The summed E-state index contributed by atoms with van der Waals surface area (Å²) >= 11 is 12.0. The van der Waals surface area contributed by atoms with Crippen molar-refractivity contribution in [3.63, 3.8) is 0 Å². The molecule has 0 aliphatic carbocycles. The lowest BCUT2D eigenvalue weighted by atomic mass is 10.3. The first-order valence-electron chi connectivity index (χ1n) is 4.05. The number of aromatic nitrogens is 2. The molecule has 0 radical (unpaired) electrons. The minimum Gasteiger partial charge on any atom is -0.252 e. The minimum atomic E-state index is 0.547. The van der Waals surface area contributed by atoms with Crippen LogP contribution < -0.4 is 4.57 Å². The van der Waals surface area contributed by atoms with Crippen LogP contribution in [0.3, 0.4) is 0 Å². The van der Waals surface area contributed by atoms with Crippen molar-refractivity contribution in [2.75, 3.05) is 0 Å². The van der Waals surface area contributed by atoms with Crippen molar-refractivity contribution < 1.29 is 4.57 Å². The van der Waals surface area contributed by atoms with Crippen molar-refractivity contribution in [3.05, 3.63) is 53.0 Å². The molecular formula is C10H7Cl2N2+. The second kappa shape index (κ2) is 3.95.